The van der Waals surface area contributed by atoms with E-state index in [1.807, 2.05) is 0 Å². The number of carbonyl (C=O) groups is 2. The molecule has 0 spiro atoms. The Morgan fingerprint density at radius 1 is 1.48 bits per heavy atom. The Bertz CT molecular complexity index is 597. The van der Waals surface area contributed by atoms with Gasteiger partial charge in [-0.3, -0.25) is 14.3 Å². The second kappa shape index (κ2) is 6.31. The Morgan fingerprint density at radius 2 is 2.30 bits per heavy atom. The first-order chi connectivity index (χ1) is 11.0. The molecule has 1 aliphatic carbocycles. The van der Waals surface area contributed by atoms with Gasteiger partial charge in [-0.05, 0) is 25.3 Å². The van der Waals surface area contributed by atoms with E-state index in [4.69, 9.17) is 0 Å². The third kappa shape index (κ3) is 3.10. The third-order valence-electron chi connectivity index (χ3n) is 5.17. The quantitative estimate of drug-likeness (QED) is 0.856. The number of hydrogen-bond donors (Lipinski definition) is 2. The molecule has 0 bridgehead atoms. The minimum absolute atomic E-state index is 0.0306. The lowest BCUT2D eigenvalue weighted by Crippen LogP contribution is -2.44. The second-order valence-corrected chi connectivity index (χ2v) is 6.87. The number of amides is 2. The van der Waals surface area contributed by atoms with Crippen LogP contribution in [-0.2, 0) is 16.1 Å². The molecule has 1 aromatic rings. The van der Waals surface area contributed by atoms with Gasteiger partial charge in [0.1, 0.15) is 6.54 Å². The van der Waals surface area contributed by atoms with Crippen LogP contribution in [0.15, 0.2) is 12.3 Å². The molecule has 2 atom stereocenters. The average Bonchev–Trinajstić information content (AvgIpc) is 3.14. The molecular weight excluding hydrogens is 294 g/mol. The van der Waals surface area contributed by atoms with Crippen LogP contribution >= 0.6 is 0 Å². The van der Waals surface area contributed by atoms with Gasteiger partial charge in [-0.25, -0.2) is 0 Å². The van der Waals surface area contributed by atoms with Crippen LogP contribution in [0.1, 0.15) is 25.7 Å². The number of nitrogens with zero attached hydrogens (tertiary/aromatic N) is 3. The first-order valence-electron chi connectivity index (χ1n) is 8.27. The Balaban J connectivity index is 1.66. The fourth-order valence-corrected chi connectivity index (χ4v) is 3.73. The van der Waals surface area contributed by atoms with Crippen LogP contribution in [0.2, 0.25) is 0 Å². The van der Waals surface area contributed by atoms with Crippen LogP contribution in [0.5, 0.6) is 0 Å². The highest BCUT2D eigenvalue weighted by Crippen LogP contribution is 2.44. The van der Waals surface area contributed by atoms with Crippen molar-refractivity contribution in [2.24, 2.45) is 11.3 Å². The van der Waals surface area contributed by atoms with E-state index in [9.17, 15) is 9.59 Å². The molecule has 1 saturated heterocycles. The second-order valence-electron chi connectivity index (χ2n) is 6.87. The van der Waals surface area contributed by atoms with Gasteiger partial charge in [0.2, 0.25) is 11.8 Å². The highest BCUT2D eigenvalue weighted by molar-refractivity contribution is 5.95. The number of fused-ring (bicyclic) bond motifs is 1. The molecule has 126 valence electrons. The normalized spacial score (nSPS) is 26.6. The molecule has 2 N–H and O–H groups in total. The van der Waals surface area contributed by atoms with Gasteiger partial charge in [0, 0.05) is 32.9 Å². The summed E-state index contributed by atoms with van der Waals surface area (Å²) in [6.07, 6.45) is 6.10. The lowest BCUT2D eigenvalue weighted by atomic mass is 9.67. The predicted octanol–water partition coefficient (Wildman–Crippen LogP) is 0.690. The van der Waals surface area contributed by atoms with Crippen molar-refractivity contribution >= 4 is 17.6 Å². The summed E-state index contributed by atoms with van der Waals surface area (Å²) < 4.78 is 1.56. The highest BCUT2D eigenvalue weighted by atomic mass is 16.2. The number of likely N-dealkylation sites (N-methyl/N-ethyl adjacent to an activating group) is 1. The molecular formula is C16H25N5O2. The third-order valence-corrected chi connectivity index (χ3v) is 5.17. The molecule has 3 rings (SSSR count). The highest BCUT2D eigenvalue weighted by Gasteiger charge is 2.49. The van der Waals surface area contributed by atoms with Crippen LogP contribution in [0.4, 0.5) is 5.82 Å². The largest absolute Gasteiger partial charge is 0.347 e. The Hall–Kier alpha value is -1.89. The number of nitrogens with one attached hydrogen (secondary N) is 2. The smallest absolute Gasteiger partial charge is 0.243 e. The van der Waals surface area contributed by atoms with Crippen molar-refractivity contribution < 1.29 is 9.59 Å². The van der Waals surface area contributed by atoms with Crippen molar-refractivity contribution in [2.75, 3.05) is 32.5 Å². The summed E-state index contributed by atoms with van der Waals surface area (Å²) in [7, 11) is 3.42. The van der Waals surface area contributed by atoms with E-state index in [1.165, 1.54) is 11.3 Å². The van der Waals surface area contributed by atoms with Crippen LogP contribution in [0.3, 0.4) is 0 Å². The number of anilines is 1. The molecule has 2 aliphatic rings. The van der Waals surface area contributed by atoms with Gasteiger partial charge in [0.15, 0.2) is 5.82 Å². The van der Waals surface area contributed by atoms with Crippen LogP contribution in [-0.4, -0.2) is 53.7 Å². The maximum absolute atomic E-state index is 12.8. The zero-order chi connectivity index (χ0) is 16.4. The van der Waals surface area contributed by atoms with E-state index in [-0.39, 0.29) is 23.8 Å². The van der Waals surface area contributed by atoms with Gasteiger partial charge >= 0.3 is 0 Å². The molecule has 2 heterocycles. The van der Waals surface area contributed by atoms with Crippen LogP contribution in [0, 0.1) is 11.3 Å². The van der Waals surface area contributed by atoms with Crippen LogP contribution in [0.25, 0.3) is 0 Å². The van der Waals surface area contributed by atoms with Crippen molar-refractivity contribution in [3.63, 3.8) is 0 Å². The number of hydrogen-bond acceptors (Lipinski definition) is 4. The van der Waals surface area contributed by atoms with E-state index in [1.54, 1.807) is 31.0 Å². The molecule has 23 heavy (non-hydrogen) atoms. The Morgan fingerprint density at radius 3 is 3.09 bits per heavy atom. The molecule has 2 fully saturated rings. The maximum atomic E-state index is 12.8. The first-order valence-corrected chi connectivity index (χ1v) is 8.27. The standard InChI is InChI=1S/C16H25N5O2/c1-20(2)14(22)10-21-8-6-13(19-21)18-15(23)16-7-4-3-5-12(16)9-17-11-16/h6,8,12,17H,3-5,7,9-11H2,1-2H3,(H,18,19,23)/t12-,16+/m0/s1. The van der Waals surface area contributed by atoms with Gasteiger partial charge < -0.3 is 15.5 Å². The molecule has 0 aromatic carbocycles. The summed E-state index contributed by atoms with van der Waals surface area (Å²) in [5, 5.41) is 10.6. The van der Waals surface area contributed by atoms with E-state index >= 15 is 0 Å². The molecule has 0 radical (unpaired) electrons. The van der Waals surface area contributed by atoms with E-state index < -0.39 is 0 Å². The molecule has 1 aliphatic heterocycles. The molecule has 7 heteroatoms. The molecule has 1 aromatic heterocycles. The lowest BCUT2D eigenvalue weighted by Gasteiger charge is -2.36. The van der Waals surface area contributed by atoms with E-state index in [0.29, 0.717) is 11.7 Å². The summed E-state index contributed by atoms with van der Waals surface area (Å²) >= 11 is 0. The van der Waals surface area contributed by atoms with Gasteiger partial charge in [-0.15, -0.1) is 0 Å². The molecule has 7 nitrogen and oxygen atoms in total. The fourth-order valence-electron chi connectivity index (χ4n) is 3.73. The van der Waals surface area contributed by atoms with Crippen molar-refractivity contribution in [3.8, 4) is 0 Å². The fraction of sp³-hybridized carbons (Fsp3) is 0.688. The Kier molecular flexibility index (Phi) is 4.39. The minimum atomic E-state index is -0.290. The summed E-state index contributed by atoms with van der Waals surface area (Å²) in [6.45, 7) is 1.86. The topological polar surface area (TPSA) is 79.3 Å². The zero-order valence-electron chi connectivity index (χ0n) is 13.8. The lowest BCUT2D eigenvalue weighted by molar-refractivity contribution is -0.129. The summed E-state index contributed by atoms with van der Waals surface area (Å²) in [5.41, 5.74) is -0.290. The first kappa shape index (κ1) is 16.0. The number of aromatic nitrogens is 2. The maximum Gasteiger partial charge on any atom is 0.243 e. The summed E-state index contributed by atoms with van der Waals surface area (Å²) in [6, 6.07) is 1.75. The van der Waals surface area contributed by atoms with Gasteiger partial charge in [0.25, 0.3) is 0 Å². The van der Waals surface area contributed by atoms with Crippen molar-refractivity contribution in [3.05, 3.63) is 12.3 Å². The number of rotatable bonds is 4. The van der Waals surface area contributed by atoms with Gasteiger partial charge in [-0.2, -0.15) is 5.10 Å². The van der Waals surface area contributed by atoms with Crippen molar-refractivity contribution in [1.82, 2.24) is 20.0 Å². The van der Waals surface area contributed by atoms with E-state index in [2.05, 4.69) is 15.7 Å². The molecule has 2 amide bonds. The summed E-state index contributed by atoms with van der Waals surface area (Å²) in [4.78, 5) is 26.1. The average molecular weight is 319 g/mol. The minimum Gasteiger partial charge on any atom is -0.347 e. The van der Waals surface area contributed by atoms with Crippen LogP contribution < -0.4 is 10.6 Å². The van der Waals surface area contributed by atoms with Gasteiger partial charge in [0.05, 0.1) is 5.41 Å². The van der Waals surface area contributed by atoms with Crippen molar-refractivity contribution in [1.29, 1.82) is 0 Å². The monoisotopic (exact) mass is 319 g/mol. The van der Waals surface area contributed by atoms with Gasteiger partial charge in [-0.1, -0.05) is 12.8 Å². The van der Waals surface area contributed by atoms with E-state index in [0.717, 1.165) is 32.4 Å². The summed E-state index contributed by atoms with van der Waals surface area (Å²) in [5.74, 6) is 0.981. The Labute approximate surface area is 136 Å². The molecule has 0 unspecified atom stereocenters. The number of carbonyl (C=O) groups excluding carboxylic acids is 2. The predicted molar refractivity (Wildman–Crippen MR) is 86.8 cm³/mol. The van der Waals surface area contributed by atoms with Crippen molar-refractivity contribution in [2.45, 2.75) is 32.2 Å². The molecule has 1 saturated carbocycles. The zero-order valence-corrected chi connectivity index (χ0v) is 13.8. The SMILES string of the molecule is CN(C)C(=O)Cn1ccc(NC(=O)[C@@]23CCCC[C@H]2CNC3)n1.